The predicted molar refractivity (Wildman–Crippen MR) is 99.7 cm³/mol. The van der Waals surface area contributed by atoms with Gasteiger partial charge in [-0.2, -0.15) is 5.26 Å². The van der Waals surface area contributed by atoms with Gasteiger partial charge >= 0.3 is 0 Å². The van der Waals surface area contributed by atoms with Crippen molar-refractivity contribution >= 4 is 23.6 Å². The van der Waals surface area contributed by atoms with E-state index in [4.69, 9.17) is 5.26 Å². The molecule has 2 aromatic rings. The fourth-order valence-corrected chi connectivity index (χ4v) is 3.10. The van der Waals surface area contributed by atoms with Crippen LogP contribution in [0.2, 0.25) is 0 Å². The van der Waals surface area contributed by atoms with Crippen LogP contribution in [0.25, 0.3) is 6.08 Å². The van der Waals surface area contributed by atoms with Crippen molar-refractivity contribution in [3.8, 4) is 6.07 Å². The highest BCUT2D eigenvalue weighted by Crippen LogP contribution is 2.33. The van der Waals surface area contributed by atoms with E-state index in [1.165, 1.54) is 6.92 Å². The Morgan fingerprint density at radius 1 is 1.15 bits per heavy atom. The summed E-state index contributed by atoms with van der Waals surface area (Å²) in [7, 11) is 0. The van der Waals surface area contributed by atoms with Crippen LogP contribution in [0.4, 0.5) is 5.69 Å². The van der Waals surface area contributed by atoms with Crippen molar-refractivity contribution in [1.29, 1.82) is 5.26 Å². The van der Waals surface area contributed by atoms with Gasteiger partial charge in [-0.05, 0) is 34.9 Å². The van der Waals surface area contributed by atoms with Crippen LogP contribution in [0.1, 0.15) is 36.1 Å². The molecule has 130 valence electrons. The highest BCUT2D eigenvalue weighted by Gasteiger charge is 2.28. The Labute approximate surface area is 152 Å². The van der Waals surface area contributed by atoms with Gasteiger partial charge < -0.3 is 10.2 Å². The second-order valence-corrected chi connectivity index (χ2v) is 6.17. The van der Waals surface area contributed by atoms with Crippen LogP contribution in [-0.2, 0) is 16.0 Å². The average Bonchev–Trinajstić information content (AvgIpc) is 2.63. The lowest BCUT2D eigenvalue weighted by Crippen LogP contribution is -2.33. The van der Waals surface area contributed by atoms with Crippen molar-refractivity contribution < 1.29 is 9.59 Å². The molecule has 0 bridgehead atoms. The summed E-state index contributed by atoms with van der Waals surface area (Å²) in [6, 6.07) is 16.7. The fraction of sp³-hybridized carbons (Fsp3) is 0.190. The standard InChI is InChI=1S/C21H19N3O2/c1-15(25)24-13-11-17-4-2-3-5-19(17)20(24)14-21(26)23-18-8-6-16(7-9-18)10-12-22/h2-9,11,13,20H,10,14H2,1H3,(H,23,26)/t20-/m0/s1. The number of amides is 2. The molecule has 1 aliphatic heterocycles. The van der Waals surface area contributed by atoms with Gasteiger partial charge in [-0.15, -0.1) is 0 Å². The molecule has 1 heterocycles. The van der Waals surface area contributed by atoms with E-state index < -0.39 is 0 Å². The van der Waals surface area contributed by atoms with Gasteiger partial charge in [0, 0.05) is 18.8 Å². The first-order chi connectivity index (χ1) is 12.6. The molecule has 2 amide bonds. The van der Waals surface area contributed by atoms with E-state index in [1.807, 2.05) is 42.5 Å². The summed E-state index contributed by atoms with van der Waals surface area (Å²) in [5.74, 6) is -0.270. The number of hydrogen-bond donors (Lipinski definition) is 1. The number of nitriles is 1. The Bertz CT molecular complexity index is 894. The lowest BCUT2D eigenvalue weighted by atomic mass is 9.93. The molecule has 0 aromatic heterocycles. The van der Waals surface area contributed by atoms with Gasteiger partial charge in [-0.3, -0.25) is 9.59 Å². The maximum absolute atomic E-state index is 12.5. The molecule has 5 heteroatoms. The first-order valence-corrected chi connectivity index (χ1v) is 8.40. The van der Waals surface area contributed by atoms with Crippen molar-refractivity contribution in [1.82, 2.24) is 4.90 Å². The van der Waals surface area contributed by atoms with Gasteiger partial charge in [0.15, 0.2) is 0 Å². The number of hydrogen-bond acceptors (Lipinski definition) is 3. The van der Waals surface area contributed by atoms with Gasteiger partial charge in [0.1, 0.15) is 0 Å². The Morgan fingerprint density at radius 3 is 2.58 bits per heavy atom. The van der Waals surface area contributed by atoms with E-state index in [0.29, 0.717) is 12.1 Å². The fourth-order valence-electron chi connectivity index (χ4n) is 3.10. The van der Waals surface area contributed by atoms with Gasteiger partial charge in [0.2, 0.25) is 11.8 Å². The Kier molecular flexibility index (Phi) is 5.14. The predicted octanol–water partition coefficient (Wildman–Crippen LogP) is 3.66. The zero-order valence-electron chi connectivity index (χ0n) is 14.5. The quantitative estimate of drug-likeness (QED) is 0.919. The van der Waals surface area contributed by atoms with Crippen LogP contribution in [0.5, 0.6) is 0 Å². The van der Waals surface area contributed by atoms with Gasteiger partial charge in [0.05, 0.1) is 25.0 Å². The summed E-state index contributed by atoms with van der Waals surface area (Å²) < 4.78 is 0. The molecule has 0 aliphatic carbocycles. The maximum atomic E-state index is 12.5. The van der Waals surface area contributed by atoms with Crippen molar-refractivity contribution in [2.45, 2.75) is 25.8 Å². The molecule has 0 saturated carbocycles. The van der Waals surface area contributed by atoms with Crippen molar-refractivity contribution in [3.05, 3.63) is 71.4 Å². The molecule has 1 atom stereocenters. The van der Waals surface area contributed by atoms with Crippen LogP contribution in [0.15, 0.2) is 54.7 Å². The number of nitrogens with zero attached hydrogens (tertiary/aromatic N) is 2. The minimum Gasteiger partial charge on any atom is -0.326 e. The second-order valence-electron chi connectivity index (χ2n) is 6.17. The largest absolute Gasteiger partial charge is 0.326 e. The number of rotatable bonds is 4. The molecule has 0 spiro atoms. The molecule has 1 N–H and O–H groups in total. The number of fused-ring (bicyclic) bond motifs is 1. The van der Waals surface area contributed by atoms with Crippen LogP contribution >= 0.6 is 0 Å². The number of anilines is 1. The molecule has 0 fully saturated rings. The van der Waals surface area contributed by atoms with Gasteiger partial charge in [-0.25, -0.2) is 0 Å². The van der Waals surface area contributed by atoms with Crippen molar-refractivity contribution in [3.63, 3.8) is 0 Å². The monoisotopic (exact) mass is 345 g/mol. The normalized spacial score (nSPS) is 15.1. The van der Waals surface area contributed by atoms with Crippen molar-refractivity contribution in [2.75, 3.05) is 5.32 Å². The van der Waals surface area contributed by atoms with E-state index in [9.17, 15) is 9.59 Å². The molecule has 26 heavy (non-hydrogen) atoms. The summed E-state index contributed by atoms with van der Waals surface area (Å²) in [4.78, 5) is 26.1. The molecular formula is C21H19N3O2. The second kappa shape index (κ2) is 7.66. The number of benzene rings is 2. The average molecular weight is 345 g/mol. The third-order valence-corrected chi connectivity index (χ3v) is 4.37. The molecular weight excluding hydrogens is 326 g/mol. The van der Waals surface area contributed by atoms with Crippen LogP contribution in [0.3, 0.4) is 0 Å². The molecule has 0 unspecified atom stereocenters. The van der Waals surface area contributed by atoms with Crippen LogP contribution in [-0.4, -0.2) is 16.7 Å². The molecule has 3 rings (SSSR count). The number of carbonyl (C=O) groups is 2. The van der Waals surface area contributed by atoms with E-state index in [0.717, 1.165) is 16.7 Å². The Morgan fingerprint density at radius 2 is 1.88 bits per heavy atom. The van der Waals surface area contributed by atoms with Gasteiger partial charge in [0.25, 0.3) is 0 Å². The third kappa shape index (κ3) is 3.81. The highest BCUT2D eigenvalue weighted by atomic mass is 16.2. The minimum atomic E-state index is -0.327. The summed E-state index contributed by atoms with van der Waals surface area (Å²) >= 11 is 0. The summed E-state index contributed by atoms with van der Waals surface area (Å²) in [5.41, 5.74) is 3.55. The van der Waals surface area contributed by atoms with E-state index in [2.05, 4.69) is 11.4 Å². The summed E-state index contributed by atoms with van der Waals surface area (Å²) in [6.07, 6.45) is 4.13. The lowest BCUT2D eigenvalue weighted by Gasteiger charge is -2.32. The zero-order chi connectivity index (χ0) is 18.5. The van der Waals surface area contributed by atoms with Gasteiger partial charge in [-0.1, -0.05) is 36.4 Å². The molecule has 2 aromatic carbocycles. The van der Waals surface area contributed by atoms with E-state index in [1.54, 1.807) is 23.2 Å². The Hall–Kier alpha value is -3.39. The van der Waals surface area contributed by atoms with E-state index in [-0.39, 0.29) is 24.3 Å². The SMILES string of the molecule is CC(=O)N1C=Cc2ccccc2[C@@H]1CC(=O)Nc1ccc(CC#N)cc1. The van der Waals surface area contributed by atoms with Crippen LogP contribution in [0, 0.1) is 11.3 Å². The maximum Gasteiger partial charge on any atom is 0.226 e. The van der Waals surface area contributed by atoms with Crippen LogP contribution < -0.4 is 5.32 Å². The zero-order valence-corrected chi connectivity index (χ0v) is 14.5. The third-order valence-electron chi connectivity index (χ3n) is 4.37. The van der Waals surface area contributed by atoms with E-state index >= 15 is 0 Å². The highest BCUT2D eigenvalue weighted by molar-refractivity contribution is 5.92. The first-order valence-electron chi connectivity index (χ1n) is 8.40. The summed E-state index contributed by atoms with van der Waals surface area (Å²) in [5, 5.41) is 11.6. The number of nitrogens with one attached hydrogen (secondary N) is 1. The first kappa shape index (κ1) is 17.4. The molecule has 5 nitrogen and oxygen atoms in total. The minimum absolute atomic E-state index is 0.102. The summed E-state index contributed by atoms with van der Waals surface area (Å²) in [6.45, 7) is 1.50. The number of carbonyl (C=O) groups excluding carboxylic acids is 2. The Balaban J connectivity index is 1.75. The molecule has 0 radical (unpaired) electrons. The lowest BCUT2D eigenvalue weighted by molar-refractivity contribution is -0.129. The van der Waals surface area contributed by atoms with Crippen molar-refractivity contribution in [2.24, 2.45) is 0 Å². The topological polar surface area (TPSA) is 73.2 Å². The molecule has 0 saturated heterocycles. The smallest absolute Gasteiger partial charge is 0.226 e. The molecule has 1 aliphatic rings.